The van der Waals surface area contributed by atoms with E-state index in [0.717, 1.165) is 11.4 Å². The minimum absolute atomic E-state index is 0.0761. The Morgan fingerprint density at radius 3 is 2.30 bits per heavy atom. The van der Waals surface area contributed by atoms with Crippen molar-refractivity contribution in [3.8, 4) is 0 Å². The number of carbonyl (C=O) groups is 1. The summed E-state index contributed by atoms with van der Waals surface area (Å²) in [4.78, 5) is 14.3. The van der Waals surface area contributed by atoms with Crippen molar-refractivity contribution in [3.05, 3.63) is 45.7 Å². The van der Waals surface area contributed by atoms with Crippen LogP contribution >= 0.6 is 23.2 Å². The molecule has 3 rings (SSSR count). The maximum Gasteiger partial charge on any atom is 0.244 e. The summed E-state index contributed by atoms with van der Waals surface area (Å²) in [7, 11) is -3.68. The maximum absolute atomic E-state index is 12.8. The molecule has 0 aliphatic carbocycles. The molecule has 2 aromatic rings. The molecule has 146 valence electrons. The van der Waals surface area contributed by atoms with E-state index in [1.54, 1.807) is 9.58 Å². The van der Waals surface area contributed by atoms with E-state index in [2.05, 4.69) is 5.10 Å². The van der Waals surface area contributed by atoms with Crippen LogP contribution in [0.2, 0.25) is 10.0 Å². The van der Waals surface area contributed by atoms with Gasteiger partial charge >= 0.3 is 0 Å². The Morgan fingerprint density at radius 2 is 1.74 bits per heavy atom. The normalized spacial score (nSPS) is 15.9. The molecule has 2 heterocycles. The number of benzene rings is 1. The first kappa shape index (κ1) is 20.1. The number of carbonyl (C=O) groups excluding carboxylic acids is 1. The largest absolute Gasteiger partial charge is 0.338 e. The Hall–Kier alpha value is -1.61. The summed E-state index contributed by atoms with van der Waals surface area (Å²) in [6, 6.07) is 6.16. The van der Waals surface area contributed by atoms with Crippen LogP contribution in [0.3, 0.4) is 0 Å². The number of rotatable bonds is 4. The summed E-state index contributed by atoms with van der Waals surface area (Å²) in [6.45, 7) is 5.04. The zero-order valence-electron chi connectivity index (χ0n) is 15.0. The van der Waals surface area contributed by atoms with E-state index in [4.69, 9.17) is 23.2 Å². The number of amides is 1. The summed E-state index contributed by atoms with van der Waals surface area (Å²) in [5.41, 5.74) is 1.78. The lowest BCUT2D eigenvalue weighted by Crippen LogP contribution is -2.51. The van der Waals surface area contributed by atoms with Gasteiger partial charge in [0.2, 0.25) is 15.9 Å². The first-order valence-electron chi connectivity index (χ1n) is 8.42. The van der Waals surface area contributed by atoms with Crippen LogP contribution in [0.5, 0.6) is 0 Å². The van der Waals surface area contributed by atoms with Gasteiger partial charge in [0.05, 0.1) is 20.6 Å². The molecular formula is C17H20Cl2N4O3S. The zero-order valence-corrected chi connectivity index (χ0v) is 17.4. The van der Waals surface area contributed by atoms with Crippen LogP contribution < -0.4 is 0 Å². The van der Waals surface area contributed by atoms with Crippen molar-refractivity contribution in [3.63, 3.8) is 0 Å². The monoisotopic (exact) mass is 430 g/mol. The Kier molecular flexibility index (Phi) is 5.81. The Morgan fingerprint density at radius 1 is 1.07 bits per heavy atom. The van der Waals surface area contributed by atoms with Gasteiger partial charge in [0.1, 0.15) is 6.54 Å². The van der Waals surface area contributed by atoms with Crippen LogP contribution in [0.4, 0.5) is 0 Å². The average Bonchev–Trinajstić information content (AvgIpc) is 2.94. The molecule has 1 aliphatic heterocycles. The number of sulfonamides is 1. The van der Waals surface area contributed by atoms with Crippen molar-refractivity contribution in [2.75, 3.05) is 26.2 Å². The molecule has 1 amide bonds. The van der Waals surface area contributed by atoms with Gasteiger partial charge in [-0.25, -0.2) is 8.42 Å². The molecule has 1 aromatic carbocycles. The number of aromatic nitrogens is 2. The molecule has 1 aliphatic rings. The van der Waals surface area contributed by atoms with Crippen LogP contribution in [0.15, 0.2) is 29.2 Å². The lowest BCUT2D eigenvalue weighted by molar-refractivity contribution is -0.133. The van der Waals surface area contributed by atoms with Crippen LogP contribution in [-0.2, 0) is 21.4 Å². The zero-order chi connectivity index (χ0) is 19.8. The third-order valence-corrected chi connectivity index (χ3v) is 7.14. The van der Waals surface area contributed by atoms with Crippen molar-refractivity contribution in [1.29, 1.82) is 0 Å². The molecule has 0 spiro atoms. The maximum atomic E-state index is 12.8. The second-order valence-corrected chi connectivity index (χ2v) is 9.20. The Labute approximate surface area is 168 Å². The highest BCUT2D eigenvalue weighted by Crippen LogP contribution is 2.27. The molecule has 0 saturated carbocycles. The van der Waals surface area contributed by atoms with Gasteiger partial charge in [0, 0.05) is 31.9 Å². The standard InChI is InChI=1S/C17H20Cl2N4O3S/c1-12-9-13(2)23(20-12)11-17(24)21-5-7-22(8-6-21)27(25,26)14-3-4-15(18)16(19)10-14/h3-4,9-10H,5-8,11H2,1-2H3. The van der Waals surface area contributed by atoms with Gasteiger partial charge < -0.3 is 4.90 Å². The predicted octanol–water partition coefficient (Wildman–Crippen LogP) is 2.34. The van der Waals surface area contributed by atoms with Crippen molar-refractivity contribution in [2.45, 2.75) is 25.3 Å². The molecule has 1 saturated heterocycles. The lowest BCUT2D eigenvalue weighted by atomic mass is 10.3. The van der Waals surface area contributed by atoms with Gasteiger partial charge in [-0.05, 0) is 38.1 Å². The molecule has 1 aromatic heterocycles. The van der Waals surface area contributed by atoms with Gasteiger partial charge in [-0.15, -0.1) is 0 Å². The first-order chi connectivity index (χ1) is 12.7. The minimum atomic E-state index is -3.68. The van der Waals surface area contributed by atoms with Crippen molar-refractivity contribution in [2.24, 2.45) is 0 Å². The fraction of sp³-hybridized carbons (Fsp3) is 0.412. The third-order valence-electron chi connectivity index (χ3n) is 4.51. The number of aryl methyl sites for hydroxylation is 2. The highest BCUT2D eigenvalue weighted by molar-refractivity contribution is 7.89. The van der Waals surface area contributed by atoms with E-state index in [0.29, 0.717) is 18.1 Å². The molecule has 0 bridgehead atoms. The Balaban J connectivity index is 1.64. The van der Waals surface area contributed by atoms with Crippen molar-refractivity contribution in [1.82, 2.24) is 19.0 Å². The number of hydrogen-bond donors (Lipinski definition) is 0. The molecule has 0 radical (unpaired) electrons. The quantitative estimate of drug-likeness (QED) is 0.745. The smallest absolute Gasteiger partial charge is 0.244 e. The first-order valence-corrected chi connectivity index (χ1v) is 10.6. The summed E-state index contributed by atoms with van der Waals surface area (Å²) < 4.78 is 28.6. The fourth-order valence-electron chi connectivity index (χ4n) is 3.03. The predicted molar refractivity (Wildman–Crippen MR) is 104 cm³/mol. The van der Waals surface area contributed by atoms with Gasteiger partial charge in [0.15, 0.2) is 0 Å². The Bertz CT molecular complexity index is 967. The number of halogens is 2. The van der Waals surface area contributed by atoms with E-state index in [1.165, 1.54) is 22.5 Å². The number of hydrogen-bond acceptors (Lipinski definition) is 4. The third kappa shape index (κ3) is 4.29. The van der Waals surface area contributed by atoms with Gasteiger partial charge in [-0.3, -0.25) is 9.48 Å². The van der Waals surface area contributed by atoms with Crippen molar-refractivity contribution < 1.29 is 13.2 Å². The van der Waals surface area contributed by atoms with E-state index in [1.807, 2.05) is 19.9 Å². The van der Waals surface area contributed by atoms with Gasteiger partial charge in [-0.2, -0.15) is 9.40 Å². The second-order valence-electron chi connectivity index (χ2n) is 6.45. The molecular weight excluding hydrogens is 411 g/mol. The van der Waals surface area contributed by atoms with Gasteiger partial charge in [0.25, 0.3) is 0 Å². The SMILES string of the molecule is Cc1cc(C)n(CC(=O)N2CCN(S(=O)(=O)c3ccc(Cl)c(Cl)c3)CC2)n1. The fourth-order valence-corrected chi connectivity index (χ4v) is 4.84. The van der Waals surface area contributed by atoms with Crippen molar-refractivity contribution >= 4 is 39.1 Å². The van der Waals surface area contributed by atoms with Crippen LogP contribution in [0.25, 0.3) is 0 Å². The van der Waals surface area contributed by atoms with E-state index >= 15 is 0 Å². The summed E-state index contributed by atoms with van der Waals surface area (Å²) in [5, 5.41) is 4.79. The molecule has 0 atom stereocenters. The van der Waals surface area contributed by atoms with Crippen LogP contribution in [0, 0.1) is 13.8 Å². The summed E-state index contributed by atoms with van der Waals surface area (Å²) in [5.74, 6) is -0.0761. The van der Waals surface area contributed by atoms with E-state index < -0.39 is 10.0 Å². The minimum Gasteiger partial charge on any atom is -0.338 e. The summed E-state index contributed by atoms with van der Waals surface area (Å²) in [6.07, 6.45) is 0. The van der Waals surface area contributed by atoms with E-state index in [-0.39, 0.29) is 35.5 Å². The molecule has 1 fully saturated rings. The molecule has 10 heteroatoms. The van der Waals surface area contributed by atoms with E-state index in [9.17, 15) is 13.2 Å². The number of piperazine rings is 1. The summed E-state index contributed by atoms with van der Waals surface area (Å²) >= 11 is 11.8. The highest BCUT2D eigenvalue weighted by atomic mass is 35.5. The second kappa shape index (κ2) is 7.79. The highest BCUT2D eigenvalue weighted by Gasteiger charge is 2.30. The lowest BCUT2D eigenvalue weighted by Gasteiger charge is -2.34. The molecule has 0 N–H and O–H groups in total. The topological polar surface area (TPSA) is 75.5 Å². The number of nitrogens with zero attached hydrogens (tertiary/aromatic N) is 4. The average molecular weight is 431 g/mol. The van der Waals surface area contributed by atoms with Gasteiger partial charge in [-0.1, -0.05) is 23.2 Å². The molecule has 0 unspecified atom stereocenters. The molecule has 27 heavy (non-hydrogen) atoms. The van der Waals surface area contributed by atoms with Crippen LogP contribution in [0.1, 0.15) is 11.4 Å². The van der Waals surface area contributed by atoms with Crippen LogP contribution in [-0.4, -0.2) is 59.5 Å². The molecule has 7 nitrogen and oxygen atoms in total.